The van der Waals surface area contributed by atoms with Gasteiger partial charge in [-0.25, -0.2) is 0 Å². The van der Waals surface area contributed by atoms with Crippen molar-refractivity contribution in [2.24, 2.45) is 17.3 Å². The molecule has 0 heterocycles. The summed E-state index contributed by atoms with van der Waals surface area (Å²) >= 11 is 0. The van der Waals surface area contributed by atoms with E-state index >= 15 is 0 Å². The van der Waals surface area contributed by atoms with E-state index in [0.29, 0.717) is 17.3 Å². The third kappa shape index (κ3) is 0.672. The largest absolute Gasteiger partial charge is 0.393 e. The van der Waals surface area contributed by atoms with E-state index in [-0.39, 0.29) is 6.10 Å². The highest BCUT2D eigenvalue weighted by atomic mass is 16.3. The Morgan fingerprint density at radius 3 is 2.20 bits per heavy atom. The van der Waals surface area contributed by atoms with E-state index in [9.17, 15) is 5.11 Å². The highest BCUT2D eigenvalue weighted by molar-refractivity contribution is 5.01. The van der Waals surface area contributed by atoms with E-state index in [1.165, 1.54) is 19.3 Å². The van der Waals surface area contributed by atoms with Crippen LogP contribution in [0, 0.1) is 17.3 Å². The van der Waals surface area contributed by atoms with Gasteiger partial charge in [0.1, 0.15) is 0 Å². The number of hydrogen-bond acceptors (Lipinski definition) is 1. The predicted octanol–water partition coefficient (Wildman–Crippen LogP) is 1.80. The topological polar surface area (TPSA) is 20.2 Å². The van der Waals surface area contributed by atoms with Crippen molar-refractivity contribution in [3.63, 3.8) is 0 Å². The van der Waals surface area contributed by atoms with Crippen molar-refractivity contribution in [3.05, 3.63) is 0 Å². The molecule has 1 heteroatoms. The Morgan fingerprint density at radius 2 is 2.00 bits per heavy atom. The molecule has 2 saturated carbocycles. The van der Waals surface area contributed by atoms with Crippen LogP contribution in [0.25, 0.3) is 0 Å². The maximum Gasteiger partial charge on any atom is 0.0601 e. The van der Waals surface area contributed by atoms with Crippen LogP contribution in [0.5, 0.6) is 0 Å². The van der Waals surface area contributed by atoms with Crippen LogP contribution in [0.4, 0.5) is 0 Å². The first-order valence-electron chi connectivity index (χ1n) is 4.29. The molecule has 2 rings (SSSR count). The van der Waals surface area contributed by atoms with Gasteiger partial charge >= 0.3 is 0 Å². The monoisotopic (exact) mass is 140 g/mol. The fraction of sp³-hybridized carbons (Fsp3) is 1.00. The fourth-order valence-corrected chi connectivity index (χ4v) is 2.97. The third-order valence-electron chi connectivity index (χ3n) is 3.54. The number of hydrogen-bond donors (Lipinski definition) is 1. The lowest BCUT2D eigenvalue weighted by molar-refractivity contribution is 0.103. The molecule has 2 bridgehead atoms. The molecule has 0 aromatic heterocycles. The molecular formula is C9H16O. The van der Waals surface area contributed by atoms with Crippen molar-refractivity contribution < 1.29 is 5.11 Å². The van der Waals surface area contributed by atoms with Gasteiger partial charge in [0.2, 0.25) is 0 Å². The number of rotatable bonds is 0. The van der Waals surface area contributed by atoms with Gasteiger partial charge in [0.15, 0.2) is 0 Å². The van der Waals surface area contributed by atoms with Crippen LogP contribution in [0.3, 0.4) is 0 Å². The maximum absolute atomic E-state index is 9.66. The van der Waals surface area contributed by atoms with Gasteiger partial charge in [-0.3, -0.25) is 0 Å². The molecule has 2 fully saturated rings. The lowest BCUT2D eigenvalue weighted by Gasteiger charge is -2.28. The Morgan fingerprint density at radius 1 is 1.30 bits per heavy atom. The molecule has 0 aromatic rings. The zero-order valence-electron chi connectivity index (χ0n) is 6.80. The molecule has 2 aliphatic rings. The number of fused-ring (bicyclic) bond motifs is 2. The minimum Gasteiger partial charge on any atom is -0.393 e. The van der Waals surface area contributed by atoms with E-state index in [1.807, 2.05) is 0 Å². The summed E-state index contributed by atoms with van der Waals surface area (Å²) in [5.74, 6) is 1.25. The molecular weight excluding hydrogens is 124 g/mol. The minimum absolute atomic E-state index is 0.0370. The fourth-order valence-electron chi connectivity index (χ4n) is 2.97. The first kappa shape index (κ1) is 6.66. The van der Waals surface area contributed by atoms with Crippen LogP contribution in [-0.2, 0) is 0 Å². The number of aliphatic hydroxyl groups is 1. The SMILES string of the molecule is CC1(C)CC2CCC1C2O. The summed E-state index contributed by atoms with van der Waals surface area (Å²) in [5, 5.41) is 9.66. The predicted molar refractivity (Wildman–Crippen MR) is 40.6 cm³/mol. The molecule has 3 unspecified atom stereocenters. The van der Waals surface area contributed by atoms with Gasteiger partial charge in [-0.05, 0) is 36.5 Å². The first-order chi connectivity index (χ1) is 4.61. The quantitative estimate of drug-likeness (QED) is 0.544. The Kier molecular flexibility index (Phi) is 1.17. The summed E-state index contributed by atoms with van der Waals surface area (Å²) in [6.07, 6.45) is 3.82. The van der Waals surface area contributed by atoms with Crippen LogP contribution in [0.1, 0.15) is 33.1 Å². The second-order valence-electron chi connectivity index (χ2n) is 4.63. The van der Waals surface area contributed by atoms with E-state index < -0.39 is 0 Å². The minimum atomic E-state index is 0.0370. The van der Waals surface area contributed by atoms with Crippen molar-refractivity contribution in [1.29, 1.82) is 0 Å². The van der Waals surface area contributed by atoms with Gasteiger partial charge in [0, 0.05) is 0 Å². The molecule has 3 atom stereocenters. The summed E-state index contributed by atoms with van der Waals surface area (Å²) in [4.78, 5) is 0. The normalized spacial score (nSPS) is 50.1. The van der Waals surface area contributed by atoms with Gasteiger partial charge < -0.3 is 5.11 Å². The van der Waals surface area contributed by atoms with Gasteiger partial charge in [0.05, 0.1) is 6.10 Å². The van der Waals surface area contributed by atoms with Crippen LogP contribution in [-0.4, -0.2) is 11.2 Å². The molecule has 0 aliphatic heterocycles. The van der Waals surface area contributed by atoms with Gasteiger partial charge in [-0.2, -0.15) is 0 Å². The highest BCUT2D eigenvalue weighted by Crippen LogP contribution is 2.55. The highest BCUT2D eigenvalue weighted by Gasteiger charge is 2.51. The zero-order valence-corrected chi connectivity index (χ0v) is 6.80. The number of aliphatic hydroxyl groups excluding tert-OH is 1. The lowest BCUT2D eigenvalue weighted by atomic mass is 9.76. The molecule has 0 saturated heterocycles. The summed E-state index contributed by atoms with van der Waals surface area (Å²) in [5.41, 5.74) is 0.433. The zero-order chi connectivity index (χ0) is 7.35. The van der Waals surface area contributed by atoms with Crippen LogP contribution in [0.15, 0.2) is 0 Å². The van der Waals surface area contributed by atoms with Crippen molar-refractivity contribution >= 4 is 0 Å². The smallest absolute Gasteiger partial charge is 0.0601 e. The van der Waals surface area contributed by atoms with Crippen molar-refractivity contribution in [2.75, 3.05) is 0 Å². The molecule has 2 aliphatic carbocycles. The second kappa shape index (κ2) is 1.76. The van der Waals surface area contributed by atoms with E-state index in [4.69, 9.17) is 0 Å². The maximum atomic E-state index is 9.66. The Bertz CT molecular complexity index is 151. The van der Waals surface area contributed by atoms with Crippen molar-refractivity contribution in [1.82, 2.24) is 0 Å². The van der Waals surface area contributed by atoms with Gasteiger partial charge in [-0.1, -0.05) is 13.8 Å². The van der Waals surface area contributed by atoms with Gasteiger partial charge in [-0.15, -0.1) is 0 Å². The van der Waals surface area contributed by atoms with Crippen LogP contribution < -0.4 is 0 Å². The molecule has 0 amide bonds. The summed E-state index contributed by atoms with van der Waals surface area (Å²) in [6.45, 7) is 4.58. The first-order valence-corrected chi connectivity index (χ1v) is 4.29. The molecule has 0 aromatic carbocycles. The van der Waals surface area contributed by atoms with E-state index in [0.717, 1.165) is 0 Å². The molecule has 0 spiro atoms. The Labute approximate surface area is 62.4 Å². The Balaban J connectivity index is 2.24. The van der Waals surface area contributed by atoms with E-state index in [2.05, 4.69) is 13.8 Å². The average molecular weight is 140 g/mol. The Hall–Kier alpha value is -0.0400. The summed E-state index contributed by atoms with van der Waals surface area (Å²) in [6, 6.07) is 0. The van der Waals surface area contributed by atoms with Crippen molar-refractivity contribution in [3.8, 4) is 0 Å². The van der Waals surface area contributed by atoms with Crippen LogP contribution in [0.2, 0.25) is 0 Å². The molecule has 1 nitrogen and oxygen atoms in total. The van der Waals surface area contributed by atoms with Crippen molar-refractivity contribution in [2.45, 2.75) is 39.2 Å². The molecule has 10 heavy (non-hydrogen) atoms. The second-order valence-corrected chi connectivity index (χ2v) is 4.63. The standard InChI is InChI=1S/C9H16O/c1-9(2)5-6-3-4-7(9)8(6)10/h6-8,10H,3-5H2,1-2H3. The molecule has 58 valence electrons. The van der Waals surface area contributed by atoms with Crippen LogP contribution >= 0.6 is 0 Å². The summed E-state index contributed by atoms with van der Waals surface area (Å²) in [7, 11) is 0. The molecule has 0 radical (unpaired) electrons. The average Bonchev–Trinajstić information content (AvgIpc) is 2.21. The lowest BCUT2D eigenvalue weighted by Crippen LogP contribution is -2.22. The van der Waals surface area contributed by atoms with Gasteiger partial charge in [0.25, 0.3) is 0 Å². The van der Waals surface area contributed by atoms with E-state index in [1.54, 1.807) is 0 Å². The molecule has 1 N–H and O–H groups in total. The summed E-state index contributed by atoms with van der Waals surface area (Å²) < 4.78 is 0. The third-order valence-corrected chi connectivity index (χ3v) is 3.54.